The van der Waals surface area contributed by atoms with Crippen molar-refractivity contribution in [2.45, 2.75) is 51.7 Å². The summed E-state index contributed by atoms with van der Waals surface area (Å²) in [5.74, 6) is -0.0372. The summed E-state index contributed by atoms with van der Waals surface area (Å²) >= 11 is 0. The Kier molecular flexibility index (Phi) is 7.87. The Balaban J connectivity index is 1.46. The SMILES string of the molecule is Cc1ccc(CN(Cc2cccc(C(F)(F)F)c2)Cc2nc(C(=O)NC[C@H]3CCCO3)co2)cc1. The first-order valence-electron chi connectivity index (χ1n) is 11.5. The maximum Gasteiger partial charge on any atom is 0.416 e. The second kappa shape index (κ2) is 11.0. The Morgan fingerprint density at radius 3 is 2.60 bits per heavy atom. The predicted molar refractivity (Wildman–Crippen MR) is 123 cm³/mol. The van der Waals surface area contributed by atoms with Crippen molar-refractivity contribution in [1.82, 2.24) is 15.2 Å². The molecule has 2 heterocycles. The van der Waals surface area contributed by atoms with Crippen LogP contribution in [0.1, 0.15) is 51.5 Å². The molecule has 1 aliphatic rings. The lowest BCUT2D eigenvalue weighted by atomic mass is 10.1. The number of hydrogen-bond acceptors (Lipinski definition) is 5. The van der Waals surface area contributed by atoms with Gasteiger partial charge in [0, 0.05) is 26.2 Å². The summed E-state index contributed by atoms with van der Waals surface area (Å²) in [7, 11) is 0. The average molecular weight is 488 g/mol. The zero-order valence-electron chi connectivity index (χ0n) is 19.5. The van der Waals surface area contributed by atoms with Crippen LogP contribution in [0.2, 0.25) is 0 Å². The summed E-state index contributed by atoms with van der Waals surface area (Å²) in [6, 6.07) is 13.2. The molecule has 1 saturated heterocycles. The third-order valence-electron chi connectivity index (χ3n) is 5.84. The number of hydrogen-bond donors (Lipinski definition) is 1. The number of nitrogens with zero attached hydrogens (tertiary/aromatic N) is 2. The molecule has 0 spiro atoms. The van der Waals surface area contributed by atoms with Crippen LogP contribution >= 0.6 is 0 Å². The van der Waals surface area contributed by atoms with Crippen LogP contribution in [-0.2, 0) is 30.5 Å². The first-order chi connectivity index (χ1) is 16.8. The van der Waals surface area contributed by atoms with Crippen LogP contribution in [0, 0.1) is 6.92 Å². The quantitative estimate of drug-likeness (QED) is 0.454. The molecule has 1 aliphatic heterocycles. The Labute approximate surface area is 202 Å². The number of carbonyl (C=O) groups excluding carboxylic acids is 1. The molecular weight excluding hydrogens is 459 g/mol. The van der Waals surface area contributed by atoms with E-state index in [9.17, 15) is 18.0 Å². The highest BCUT2D eigenvalue weighted by Gasteiger charge is 2.30. The average Bonchev–Trinajstić information content (AvgIpc) is 3.51. The van der Waals surface area contributed by atoms with Gasteiger partial charge in [0.2, 0.25) is 5.89 Å². The Morgan fingerprint density at radius 1 is 1.11 bits per heavy atom. The molecule has 1 N–H and O–H groups in total. The van der Waals surface area contributed by atoms with E-state index in [1.165, 1.54) is 12.3 Å². The topological polar surface area (TPSA) is 67.6 Å². The fourth-order valence-corrected chi connectivity index (χ4v) is 4.01. The summed E-state index contributed by atoms with van der Waals surface area (Å²) < 4.78 is 50.6. The van der Waals surface area contributed by atoms with Crippen LogP contribution in [-0.4, -0.2) is 35.0 Å². The molecule has 0 aliphatic carbocycles. The van der Waals surface area contributed by atoms with Crippen molar-refractivity contribution in [3.05, 3.63) is 88.6 Å². The molecule has 0 unspecified atom stereocenters. The zero-order chi connectivity index (χ0) is 24.8. The monoisotopic (exact) mass is 487 g/mol. The predicted octanol–water partition coefficient (Wildman–Crippen LogP) is 5.11. The molecule has 2 aromatic carbocycles. The normalized spacial score (nSPS) is 16.1. The first-order valence-corrected chi connectivity index (χ1v) is 11.5. The summed E-state index contributed by atoms with van der Waals surface area (Å²) in [6.07, 6.45) is -1.20. The minimum absolute atomic E-state index is 0.0165. The van der Waals surface area contributed by atoms with Gasteiger partial charge in [0.25, 0.3) is 5.91 Å². The molecule has 0 saturated carbocycles. The van der Waals surface area contributed by atoms with E-state index in [1.54, 1.807) is 6.07 Å². The van der Waals surface area contributed by atoms with Crippen molar-refractivity contribution in [1.29, 1.82) is 0 Å². The fraction of sp³-hybridized carbons (Fsp3) is 0.385. The zero-order valence-corrected chi connectivity index (χ0v) is 19.5. The Hall–Kier alpha value is -3.17. The van der Waals surface area contributed by atoms with Crippen LogP contribution in [0.5, 0.6) is 0 Å². The van der Waals surface area contributed by atoms with Gasteiger partial charge in [-0.05, 0) is 37.0 Å². The number of rotatable bonds is 9. The van der Waals surface area contributed by atoms with Gasteiger partial charge in [-0.2, -0.15) is 13.2 Å². The van der Waals surface area contributed by atoms with Gasteiger partial charge in [-0.1, -0.05) is 48.0 Å². The smallest absolute Gasteiger partial charge is 0.416 e. The third-order valence-corrected chi connectivity index (χ3v) is 5.84. The number of carbonyl (C=O) groups is 1. The maximum atomic E-state index is 13.2. The molecular formula is C26H28F3N3O3. The van der Waals surface area contributed by atoms with Gasteiger partial charge in [-0.25, -0.2) is 4.98 Å². The molecule has 186 valence electrons. The second-order valence-corrected chi connectivity index (χ2v) is 8.80. The van der Waals surface area contributed by atoms with Crippen LogP contribution in [0.4, 0.5) is 13.2 Å². The van der Waals surface area contributed by atoms with Crippen molar-refractivity contribution in [3.8, 4) is 0 Å². The number of ether oxygens (including phenoxy) is 1. The molecule has 0 bridgehead atoms. The maximum absolute atomic E-state index is 13.2. The van der Waals surface area contributed by atoms with E-state index in [0.717, 1.165) is 36.1 Å². The van der Waals surface area contributed by atoms with Crippen LogP contribution < -0.4 is 5.32 Å². The van der Waals surface area contributed by atoms with E-state index in [0.29, 0.717) is 31.2 Å². The van der Waals surface area contributed by atoms with E-state index in [4.69, 9.17) is 9.15 Å². The van der Waals surface area contributed by atoms with Crippen molar-refractivity contribution in [3.63, 3.8) is 0 Å². The highest BCUT2D eigenvalue weighted by molar-refractivity contribution is 5.91. The van der Waals surface area contributed by atoms with E-state index >= 15 is 0 Å². The lowest BCUT2D eigenvalue weighted by Crippen LogP contribution is -2.32. The third kappa shape index (κ3) is 7.16. The summed E-state index contributed by atoms with van der Waals surface area (Å²) in [6.45, 7) is 4.05. The van der Waals surface area contributed by atoms with Crippen molar-refractivity contribution >= 4 is 5.91 Å². The number of alkyl halides is 3. The minimum Gasteiger partial charge on any atom is -0.447 e. The number of amides is 1. The lowest BCUT2D eigenvalue weighted by Gasteiger charge is -2.22. The first kappa shape index (κ1) is 24.9. The molecule has 9 heteroatoms. The van der Waals surface area contributed by atoms with E-state index in [1.807, 2.05) is 36.1 Å². The fourth-order valence-electron chi connectivity index (χ4n) is 4.01. The molecule has 0 radical (unpaired) electrons. The van der Waals surface area contributed by atoms with Crippen molar-refractivity contribution in [2.75, 3.05) is 13.2 Å². The van der Waals surface area contributed by atoms with Gasteiger partial charge in [0.05, 0.1) is 18.2 Å². The minimum atomic E-state index is -4.41. The van der Waals surface area contributed by atoms with Gasteiger partial charge in [0.1, 0.15) is 6.26 Å². The molecule has 4 rings (SSSR count). The van der Waals surface area contributed by atoms with Crippen LogP contribution in [0.25, 0.3) is 0 Å². The molecule has 1 amide bonds. The molecule has 3 aromatic rings. The molecule has 35 heavy (non-hydrogen) atoms. The van der Waals surface area contributed by atoms with Crippen LogP contribution in [0.3, 0.4) is 0 Å². The van der Waals surface area contributed by atoms with E-state index < -0.39 is 11.7 Å². The second-order valence-electron chi connectivity index (χ2n) is 8.80. The van der Waals surface area contributed by atoms with E-state index in [2.05, 4.69) is 10.3 Å². The van der Waals surface area contributed by atoms with Crippen molar-refractivity contribution in [2.24, 2.45) is 0 Å². The summed E-state index contributed by atoms with van der Waals surface area (Å²) in [4.78, 5) is 18.7. The standard InChI is InChI=1S/C26H28F3N3O3/c1-18-7-9-19(10-8-18)14-32(15-20-4-2-5-21(12-20)26(27,28)29)16-24-31-23(17-35-24)25(33)30-13-22-6-3-11-34-22/h2,4-5,7-10,12,17,22H,3,6,11,13-16H2,1H3,(H,30,33)/t22-/m1/s1. The van der Waals surface area contributed by atoms with Gasteiger partial charge in [-0.15, -0.1) is 0 Å². The largest absolute Gasteiger partial charge is 0.447 e. The lowest BCUT2D eigenvalue weighted by molar-refractivity contribution is -0.137. The number of aryl methyl sites for hydroxylation is 1. The molecule has 1 fully saturated rings. The molecule has 6 nitrogen and oxygen atoms in total. The van der Waals surface area contributed by atoms with Gasteiger partial charge < -0.3 is 14.5 Å². The number of nitrogens with one attached hydrogen (secondary N) is 1. The number of benzene rings is 2. The summed E-state index contributed by atoms with van der Waals surface area (Å²) in [5, 5.41) is 2.81. The highest BCUT2D eigenvalue weighted by Crippen LogP contribution is 2.30. The Morgan fingerprint density at radius 2 is 1.89 bits per heavy atom. The Bertz CT molecular complexity index is 1120. The summed E-state index contributed by atoms with van der Waals surface area (Å²) in [5.41, 5.74) is 2.11. The highest BCUT2D eigenvalue weighted by atomic mass is 19.4. The van der Waals surface area contributed by atoms with E-state index in [-0.39, 0.29) is 30.8 Å². The van der Waals surface area contributed by atoms with Gasteiger partial charge >= 0.3 is 6.18 Å². The number of aromatic nitrogens is 1. The number of oxazole rings is 1. The van der Waals surface area contributed by atoms with Gasteiger partial charge in [0.15, 0.2) is 5.69 Å². The van der Waals surface area contributed by atoms with Gasteiger partial charge in [-0.3, -0.25) is 9.69 Å². The number of halogens is 3. The van der Waals surface area contributed by atoms with Crippen molar-refractivity contribution < 1.29 is 27.1 Å². The molecule has 1 atom stereocenters. The molecule has 1 aromatic heterocycles. The van der Waals surface area contributed by atoms with Crippen LogP contribution in [0.15, 0.2) is 59.2 Å².